The first-order valence-corrected chi connectivity index (χ1v) is 5.26. The number of methoxy groups -OCH3 is 1. The third-order valence-corrected chi connectivity index (χ3v) is 3.66. The van der Waals surface area contributed by atoms with Gasteiger partial charge in [-0.3, -0.25) is 4.79 Å². The fraction of sp³-hybridized carbons (Fsp3) is 0.500. The van der Waals surface area contributed by atoms with Gasteiger partial charge >= 0.3 is 0 Å². The molecule has 13 heavy (non-hydrogen) atoms. The predicted molar refractivity (Wildman–Crippen MR) is 52.5 cm³/mol. The number of thiophene rings is 1. The molecule has 0 amide bonds. The molecule has 2 nitrogen and oxygen atoms in total. The minimum atomic E-state index is 0.400. The Morgan fingerprint density at radius 2 is 2.38 bits per heavy atom. The molecule has 1 heterocycles. The van der Waals surface area contributed by atoms with Crippen molar-refractivity contribution in [3.05, 3.63) is 17.0 Å². The monoisotopic (exact) mass is 196 g/mol. The number of ketones is 1. The first-order valence-electron chi connectivity index (χ1n) is 4.45. The third kappa shape index (κ3) is 1.75. The smallest absolute Gasteiger partial charge is 0.173 e. The van der Waals surface area contributed by atoms with Crippen LogP contribution in [0.1, 0.15) is 30.1 Å². The molecule has 0 aromatic carbocycles. The van der Waals surface area contributed by atoms with Crippen LogP contribution in [0.25, 0.3) is 0 Å². The average molecular weight is 196 g/mol. The van der Waals surface area contributed by atoms with Crippen molar-refractivity contribution in [3.8, 4) is 5.06 Å². The maximum Gasteiger partial charge on any atom is 0.173 e. The summed E-state index contributed by atoms with van der Waals surface area (Å²) >= 11 is 1.66. The second kappa shape index (κ2) is 3.50. The van der Waals surface area contributed by atoms with Gasteiger partial charge in [0.25, 0.3) is 0 Å². The van der Waals surface area contributed by atoms with Crippen molar-refractivity contribution >= 4 is 17.1 Å². The molecular formula is C10H12O2S. The normalized spacial score (nSPS) is 22.2. The number of carbonyl (C=O) groups is 1. The molecule has 3 heteroatoms. The van der Waals surface area contributed by atoms with Crippen molar-refractivity contribution in [2.24, 2.45) is 0 Å². The van der Waals surface area contributed by atoms with Crippen LogP contribution in [0.15, 0.2) is 12.1 Å². The van der Waals surface area contributed by atoms with Crippen LogP contribution >= 0.6 is 11.3 Å². The van der Waals surface area contributed by atoms with Crippen LogP contribution in [0.2, 0.25) is 0 Å². The molecule has 70 valence electrons. The van der Waals surface area contributed by atoms with E-state index in [2.05, 4.69) is 6.07 Å². The molecule has 0 aliphatic heterocycles. The van der Waals surface area contributed by atoms with Crippen molar-refractivity contribution < 1.29 is 9.53 Å². The van der Waals surface area contributed by atoms with E-state index in [1.807, 2.05) is 6.07 Å². The van der Waals surface area contributed by atoms with Crippen LogP contribution < -0.4 is 4.74 Å². The van der Waals surface area contributed by atoms with Crippen LogP contribution in [0.5, 0.6) is 5.06 Å². The summed E-state index contributed by atoms with van der Waals surface area (Å²) in [6.45, 7) is 0. The van der Waals surface area contributed by atoms with Gasteiger partial charge in [0.05, 0.1) is 7.11 Å². The summed E-state index contributed by atoms with van der Waals surface area (Å²) in [5.41, 5.74) is 0. The van der Waals surface area contributed by atoms with E-state index >= 15 is 0 Å². The van der Waals surface area contributed by atoms with Crippen molar-refractivity contribution in [2.75, 3.05) is 7.11 Å². The molecule has 1 unspecified atom stereocenters. The van der Waals surface area contributed by atoms with Gasteiger partial charge in [0, 0.05) is 23.6 Å². The summed E-state index contributed by atoms with van der Waals surface area (Å²) in [6.07, 6.45) is 2.50. The Kier molecular flexibility index (Phi) is 2.36. The summed E-state index contributed by atoms with van der Waals surface area (Å²) in [5, 5.41) is 0.939. The molecule has 1 aliphatic carbocycles. The lowest BCUT2D eigenvalue weighted by Crippen LogP contribution is -1.90. The number of rotatable bonds is 2. The minimum Gasteiger partial charge on any atom is -0.487 e. The number of hydrogen-bond acceptors (Lipinski definition) is 3. The second-order valence-electron chi connectivity index (χ2n) is 3.34. The summed E-state index contributed by atoms with van der Waals surface area (Å²) < 4.78 is 5.11. The molecule has 1 aromatic rings. The van der Waals surface area contributed by atoms with E-state index in [0.717, 1.165) is 24.3 Å². The zero-order valence-electron chi connectivity index (χ0n) is 7.58. The maximum atomic E-state index is 11.1. The van der Waals surface area contributed by atoms with Crippen molar-refractivity contribution in [1.29, 1.82) is 0 Å². The van der Waals surface area contributed by atoms with E-state index in [1.165, 1.54) is 4.88 Å². The molecule has 1 saturated carbocycles. The number of Topliss-reactive ketones (excluding diaryl/α,β-unsaturated/α-hetero) is 1. The predicted octanol–water partition coefficient (Wildman–Crippen LogP) is 2.59. The van der Waals surface area contributed by atoms with E-state index in [9.17, 15) is 4.79 Å². The number of carbonyl (C=O) groups excluding carboxylic acids is 1. The molecule has 2 rings (SSSR count). The molecule has 1 aliphatic rings. The Balaban J connectivity index is 2.12. The van der Waals surface area contributed by atoms with Gasteiger partial charge in [-0.05, 0) is 18.6 Å². The van der Waals surface area contributed by atoms with Crippen molar-refractivity contribution in [2.45, 2.75) is 25.2 Å². The van der Waals surface area contributed by atoms with Gasteiger partial charge in [-0.1, -0.05) is 0 Å². The topological polar surface area (TPSA) is 26.3 Å². The molecule has 1 aromatic heterocycles. The van der Waals surface area contributed by atoms with Gasteiger partial charge in [0.2, 0.25) is 0 Å². The van der Waals surface area contributed by atoms with Crippen molar-refractivity contribution in [3.63, 3.8) is 0 Å². The van der Waals surface area contributed by atoms with Crippen molar-refractivity contribution in [1.82, 2.24) is 0 Å². The first kappa shape index (κ1) is 8.75. The van der Waals surface area contributed by atoms with Crippen LogP contribution in [-0.4, -0.2) is 12.9 Å². The van der Waals surface area contributed by atoms with E-state index in [-0.39, 0.29) is 0 Å². The van der Waals surface area contributed by atoms with Gasteiger partial charge in [0.15, 0.2) is 5.06 Å². The minimum absolute atomic E-state index is 0.400. The van der Waals surface area contributed by atoms with E-state index in [1.54, 1.807) is 18.4 Å². The molecule has 0 spiro atoms. The van der Waals surface area contributed by atoms with E-state index in [0.29, 0.717) is 11.7 Å². The Morgan fingerprint density at radius 1 is 1.54 bits per heavy atom. The van der Waals surface area contributed by atoms with E-state index < -0.39 is 0 Å². The summed E-state index contributed by atoms with van der Waals surface area (Å²) in [6, 6.07) is 4.05. The Morgan fingerprint density at radius 3 is 2.92 bits per heavy atom. The largest absolute Gasteiger partial charge is 0.487 e. The van der Waals surface area contributed by atoms with Crippen LogP contribution in [0.3, 0.4) is 0 Å². The lowest BCUT2D eigenvalue weighted by atomic mass is 10.1. The summed E-state index contributed by atoms with van der Waals surface area (Å²) in [5.74, 6) is 0.860. The van der Waals surface area contributed by atoms with E-state index in [4.69, 9.17) is 4.74 Å². The fourth-order valence-corrected chi connectivity index (χ4v) is 2.68. The molecule has 0 saturated heterocycles. The molecular weight excluding hydrogens is 184 g/mol. The highest BCUT2D eigenvalue weighted by Gasteiger charge is 2.24. The number of ether oxygens (including phenoxy) is 1. The Hall–Kier alpha value is -0.830. The molecule has 1 fully saturated rings. The van der Waals surface area contributed by atoms with Gasteiger partial charge in [-0.2, -0.15) is 0 Å². The van der Waals surface area contributed by atoms with Crippen LogP contribution in [0.4, 0.5) is 0 Å². The van der Waals surface area contributed by atoms with Crippen LogP contribution in [0, 0.1) is 0 Å². The molecule has 1 atom stereocenters. The third-order valence-electron chi connectivity index (χ3n) is 2.45. The second-order valence-corrected chi connectivity index (χ2v) is 4.42. The molecule has 0 bridgehead atoms. The van der Waals surface area contributed by atoms with Crippen LogP contribution in [-0.2, 0) is 4.79 Å². The highest BCUT2D eigenvalue weighted by molar-refractivity contribution is 7.13. The zero-order chi connectivity index (χ0) is 9.26. The highest BCUT2D eigenvalue weighted by Crippen LogP contribution is 2.38. The number of hydrogen-bond donors (Lipinski definition) is 0. The average Bonchev–Trinajstić information content (AvgIpc) is 2.71. The molecule has 0 radical (unpaired) electrons. The summed E-state index contributed by atoms with van der Waals surface area (Å²) in [4.78, 5) is 12.4. The van der Waals surface area contributed by atoms with Gasteiger partial charge in [-0.15, -0.1) is 11.3 Å². The van der Waals surface area contributed by atoms with Gasteiger partial charge in [-0.25, -0.2) is 0 Å². The highest BCUT2D eigenvalue weighted by atomic mass is 32.1. The zero-order valence-corrected chi connectivity index (χ0v) is 8.39. The standard InChI is InChI=1S/C10H12O2S/c1-12-10-5-4-9(13-10)7-2-3-8(11)6-7/h4-5,7H,2-3,6H2,1H3. The first-order chi connectivity index (χ1) is 6.29. The van der Waals surface area contributed by atoms with Gasteiger partial charge < -0.3 is 4.74 Å². The maximum absolute atomic E-state index is 11.1. The SMILES string of the molecule is COc1ccc(C2CCC(=O)C2)s1. The Labute approximate surface area is 81.5 Å². The quantitative estimate of drug-likeness (QED) is 0.726. The molecule has 0 N–H and O–H groups in total. The fourth-order valence-electron chi connectivity index (χ4n) is 1.72. The Bertz CT molecular complexity index is 316. The lowest BCUT2D eigenvalue weighted by Gasteiger charge is -2.02. The van der Waals surface area contributed by atoms with Gasteiger partial charge in [0.1, 0.15) is 5.78 Å². The lowest BCUT2D eigenvalue weighted by molar-refractivity contribution is -0.117. The summed E-state index contributed by atoms with van der Waals surface area (Å²) in [7, 11) is 1.68.